The maximum Gasteiger partial charge on any atom is 0.179 e. The van der Waals surface area contributed by atoms with Gasteiger partial charge in [0, 0.05) is 15.7 Å². The van der Waals surface area contributed by atoms with E-state index in [-0.39, 0.29) is 17.0 Å². The number of hydrogen-bond acceptors (Lipinski definition) is 2. The molecular formula is C27H31Cl2N3S. The number of para-hydroxylation sites is 1. The summed E-state index contributed by atoms with van der Waals surface area (Å²) in [5.41, 5.74) is 1.76. The summed E-state index contributed by atoms with van der Waals surface area (Å²) in [7, 11) is 0. The maximum absolute atomic E-state index is 6.41. The molecule has 1 unspecified atom stereocenters. The molecule has 1 saturated carbocycles. The summed E-state index contributed by atoms with van der Waals surface area (Å²) in [5, 5.41) is 5.52. The average Bonchev–Trinajstić information content (AvgIpc) is 3.02. The van der Waals surface area contributed by atoms with Crippen LogP contribution >= 0.6 is 35.4 Å². The molecule has 0 bridgehead atoms. The lowest BCUT2D eigenvalue weighted by Crippen LogP contribution is -2.51. The number of thiocarbonyl (C=S) groups is 1. The monoisotopic (exact) mass is 499 g/mol. The molecule has 1 spiro atoms. The molecule has 0 aromatic heterocycles. The molecule has 2 aromatic rings. The van der Waals surface area contributed by atoms with Crippen molar-refractivity contribution in [1.29, 1.82) is 0 Å². The first-order valence-electron chi connectivity index (χ1n) is 11.6. The van der Waals surface area contributed by atoms with Gasteiger partial charge in [-0.15, -0.1) is 0 Å². The predicted molar refractivity (Wildman–Crippen MR) is 147 cm³/mol. The standard InChI is InChI=1S/C27H31Cl2N3S/c1-26(2,3)23(15-13-19-12-14-20(28)18-22(19)29)30-24-27(16-8-5-9-17-27)32(25(33)31-24)21-10-6-4-7-11-21/h4,6-7,10-15,18,23H,5,8-9,16-17H2,1-3H3,(H,30,31,33). The number of amidine groups is 1. The van der Waals surface area contributed by atoms with Crippen molar-refractivity contribution in [2.24, 2.45) is 10.4 Å². The van der Waals surface area contributed by atoms with E-state index in [1.165, 1.54) is 19.3 Å². The van der Waals surface area contributed by atoms with Crippen molar-refractivity contribution < 1.29 is 0 Å². The number of hydrogen-bond donors (Lipinski definition) is 1. The van der Waals surface area contributed by atoms with Gasteiger partial charge in [-0.2, -0.15) is 0 Å². The highest BCUT2D eigenvalue weighted by atomic mass is 35.5. The molecule has 1 atom stereocenters. The Morgan fingerprint density at radius 3 is 2.39 bits per heavy atom. The summed E-state index contributed by atoms with van der Waals surface area (Å²) in [5.74, 6) is 0.989. The van der Waals surface area contributed by atoms with Gasteiger partial charge in [-0.25, -0.2) is 0 Å². The van der Waals surface area contributed by atoms with E-state index in [9.17, 15) is 0 Å². The number of aliphatic imine (C=N–C) groups is 1. The molecule has 1 saturated heterocycles. The average molecular weight is 501 g/mol. The van der Waals surface area contributed by atoms with E-state index >= 15 is 0 Å². The second kappa shape index (κ2) is 9.77. The van der Waals surface area contributed by atoms with Gasteiger partial charge in [-0.3, -0.25) is 4.99 Å². The summed E-state index contributed by atoms with van der Waals surface area (Å²) in [6.07, 6.45) is 9.87. The van der Waals surface area contributed by atoms with Crippen molar-refractivity contribution in [2.45, 2.75) is 64.5 Å². The van der Waals surface area contributed by atoms with Crippen LogP contribution in [0.25, 0.3) is 6.08 Å². The Morgan fingerprint density at radius 1 is 1.06 bits per heavy atom. The van der Waals surface area contributed by atoms with Crippen molar-refractivity contribution in [3.8, 4) is 0 Å². The molecule has 0 radical (unpaired) electrons. The van der Waals surface area contributed by atoms with E-state index in [0.717, 1.165) is 35.0 Å². The van der Waals surface area contributed by atoms with Crippen LogP contribution in [0.4, 0.5) is 5.69 Å². The Morgan fingerprint density at radius 2 is 1.76 bits per heavy atom. The van der Waals surface area contributed by atoms with Crippen LogP contribution in [0.5, 0.6) is 0 Å². The lowest BCUT2D eigenvalue weighted by Gasteiger charge is -2.41. The minimum atomic E-state index is -0.216. The minimum Gasteiger partial charge on any atom is -0.319 e. The summed E-state index contributed by atoms with van der Waals surface area (Å²) in [6, 6.07) is 16.0. The molecular weight excluding hydrogens is 469 g/mol. The third kappa shape index (κ3) is 5.13. The van der Waals surface area contributed by atoms with Crippen LogP contribution in [0, 0.1) is 5.41 Å². The second-order valence-corrected chi connectivity index (χ2v) is 11.2. The van der Waals surface area contributed by atoms with Gasteiger partial charge in [0.2, 0.25) is 0 Å². The van der Waals surface area contributed by atoms with Crippen LogP contribution in [0.2, 0.25) is 10.0 Å². The Labute approximate surface area is 212 Å². The van der Waals surface area contributed by atoms with Crippen LogP contribution in [0.15, 0.2) is 59.6 Å². The highest BCUT2D eigenvalue weighted by molar-refractivity contribution is 7.80. The molecule has 6 heteroatoms. The van der Waals surface area contributed by atoms with Crippen molar-refractivity contribution in [2.75, 3.05) is 4.90 Å². The summed E-state index contributed by atoms with van der Waals surface area (Å²) in [4.78, 5) is 7.64. The molecule has 2 aliphatic rings. The minimum absolute atomic E-state index is 0.0518. The SMILES string of the molecule is CC(C)(C)C(C=Cc1ccc(Cl)cc1Cl)N=C1NC(=S)N(c2ccccc2)C12CCCCC2. The molecule has 33 heavy (non-hydrogen) atoms. The zero-order valence-corrected chi connectivity index (χ0v) is 21.8. The van der Waals surface area contributed by atoms with Crippen LogP contribution in [0.1, 0.15) is 58.4 Å². The van der Waals surface area contributed by atoms with E-state index in [4.69, 9.17) is 40.4 Å². The summed E-state index contributed by atoms with van der Waals surface area (Å²) >= 11 is 18.3. The molecule has 174 valence electrons. The van der Waals surface area contributed by atoms with Gasteiger partial charge < -0.3 is 10.2 Å². The van der Waals surface area contributed by atoms with E-state index < -0.39 is 0 Å². The maximum atomic E-state index is 6.41. The summed E-state index contributed by atoms with van der Waals surface area (Å²) < 4.78 is 0. The van der Waals surface area contributed by atoms with E-state index in [0.29, 0.717) is 10.0 Å². The second-order valence-electron chi connectivity index (χ2n) is 10.0. The zero-order valence-electron chi connectivity index (χ0n) is 19.4. The molecule has 1 heterocycles. The van der Waals surface area contributed by atoms with Gasteiger partial charge in [0.05, 0.1) is 6.04 Å². The highest BCUT2D eigenvalue weighted by Gasteiger charge is 2.50. The van der Waals surface area contributed by atoms with Gasteiger partial charge in [-0.05, 0) is 60.3 Å². The lowest BCUT2D eigenvalue weighted by atomic mass is 9.79. The fourth-order valence-corrected chi connectivity index (χ4v) is 5.61. The largest absolute Gasteiger partial charge is 0.319 e. The highest BCUT2D eigenvalue weighted by Crippen LogP contribution is 2.41. The first-order chi connectivity index (χ1) is 15.7. The first kappa shape index (κ1) is 24.3. The van der Waals surface area contributed by atoms with Crippen LogP contribution in [-0.2, 0) is 0 Å². The van der Waals surface area contributed by atoms with E-state index in [1.54, 1.807) is 6.07 Å². The molecule has 0 amide bonds. The van der Waals surface area contributed by atoms with Gasteiger partial charge in [0.1, 0.15) is 11.4 Å². The predicted octanol–water partition coefficient (Wildman–Crippen LogP) is 7.92. The normalized spacial score (nSPS) is 20.6. The number of nitrogens with zero attached hydrogens (tertiary/aromatic N) is 2. The van der Waals surface area contributed by atoms with Crippen molar-refractivity contribution in [1.82, 2.24) is 5.32 Å². The van der Waals surface area contributed by atoms with E-state index in [2.05, 4.69) is 67.4 Å². The molecule has 1 N–H and O–H groups in total. The van der Waals surface area contributed by atoms with Crippen LogP contribution in [-0.4, -0.2) is 22.5 Å². The molecule has 3 nitrogen and oxygen atoms in total. The van der Waals surface area contributed by atoms with E-state index in [1.807, 2.05) is 18.2 Å². The fourth-order valence-electron chi connectivity index (χ4n) is 4.76. The third-order valence-corrected chi connectivity index (χ3v) is 7.42. The van der Waals surface area contributed by atoms with Crippen molar-refractivity contribution >= 4 is 58.1 Å². The zero-order chi connectivity index (χ0) is 23.6. The smallest absolute Gasteiger partial charge is 0.179 e. The first-order valence-corrected chi connectivity index (χ1v) is 12.7. The van der Waals surface area contributed by atoms with Crippen LogP contribution < -0.4 is 10.2 Å². The Kier molecular flexibility index (Phi) is 7.18. The number of halogens is 2. The van der Waals surface area contributed by atoms with Gasteiger partial charge >= 0.3 is 0 Å². The molecule has 2 fully saturated rings. The molecule has 1 aliphatic heterocycles. The van der Waals surface area contributed by atoms with Crippen molar-refractivity contribution in [3.05, 3.63) is 70.2 Å². The Hall–Kier alpha value is -1.88. The van der Waals surface area contributed by atoms with Gasteiger partial charge in [0.25, 0.3) is 0 Å². The topological polar surface area (TPSA) is 27.6 Å². The molecule has 2 aromatic carbocycles. The number of nitrogens with one attached hydrogen (secondary N) is 1. The summed E-state index contributed by atoms with van der Waals surface area (Å²) in [6.45, 7) is 6.64. The lowest BCUT2D eigenvalue weighted by molar-refractivity contribution is 0.357. The molecule has 1 aliphatic carbocycles. The third-order valence-electron chi connectivity index (χ3n) is 6.57. The van der Waals surface area contributed by atoms with Gasteiger partial charge in [0.15, 0.2) is 5.11 Å². The number of anilines is 1. The molecule has 4 rings (SSSR count). The fraction of sp³-hybridized carbons (Fsp3) is 0.407. The number of benzene rings is 2. The Bertz CT molecular complexity index is 1070. The van der Waals surface area contributed by atoms with Crippen LogP contribution in [0.3, 0.4) is 0 Å². The number of rotatable bonds is 4. The van der Waals surface area contributed by atoms with Gasteiger partial charge in [-0.1, -0.05) is 99.7 Å². The van der Waals surface area contributed by atoms with Crippen molar-refractivity contribution in [3.63, 3.8) is 0 Å². The Balaban J connectivity index is 1.74. The quantitative estimate of drug-likeness (QED) is 0.432.